The minimum atomic E-state index is -0.204. The third-order valence-corrected chi connectivity index (χ3v) is 5.04. The van der Waals surface area contributed by atoms with E-state index in [1.165, 1.54) is 0 Å². The van der Waals surface area contributed by atoms with Crippen LogP contribution < -0.4 is 10.9 Å². The maximum absolute atomic E-state index is 12.8. The summed E-state index contributed by atoms with van der Waals surface area (Å²) < 4.78 is 1.86. The van der Waals surface area contributed by atoms with Crippen molar-refractivity contribution in [2.45, 2.75) is 6.92 Å². The molecule has 6 nitrogen and oxygen atoms in total. The molecule has 2 aromatic heterocycles. The van der Waals surface area contributed by atoms with E-state index in [-0.39, 0.29) is 12.2 Å². The molecule has 0 saturated heterocycles. The summed E-state index contributed by atoms with van der Waals surface area (Å²) >= 11 is 6.33. The average molecular weight is 395 g/mol. The van der Waals surface area contributed by atoms with Crippen molar-refractivity contribution >= 4 is 51.1 Å². The molecule has 4 rings (SSSR count). The van der Waals surface area contributed by atoms with Gasteiger partial charge in [-0.15, -0.1) is 0 Å². The second kappa shape index (κ2) is 7.14. The quantitative estimate of drug-likeness (QED) is 0.486. The molecule has 0 aliphatic carbocycles. The second-order valence-corrected chi connectivity index (χ2v) is 6.99. The average Bonchev–Trinajstić information content (AvgIpc) is 2.99. The highest BCUT2D eigenvalue weighted by molar-refractivity contribution is 6.33. The van der Waals surface area contributed by atoms with E-state index in [9.17, 15) is 4.79 Å². The Balaban J connectivity index is 1.90. The molecule has 4 aromatic rings. The van der Waals surface area contributed by atoms with Crippen molar-refractivity contribution in [3.63, 3.8) is 0 Å². The second-order valence-electron chi connectivity index (χ2n) is 6.59. The number of anilines is 2. The molecule has 0 aliphatic heterocycles. The first-order valence-electron chi connectivity index (χ1n) is 8.81. The number of hydrogen-bond acceptors (Lipinski definition) is 4. The molecule has 0 amide bonds. The highest BCUT2D eigenvalue weighted by Gasteiger charge is 2.15. The Morgan fingerprint density at radius 2 is 2.14 bits per heavy atom. The number of aromatic amines is 1. The number of para-hydroxylation sites is 1. The van der Waals surface area contributed by atoms with E-state index >= 15 is 0 Å². The van der Waals surface area contributed by atoms with Gasteiger partial charge in [0, 0.05) is 12.7 Å². The van der Waals surface area contributed by atoms with Crippen LogP contribution in [0.25, 0.3) is 27.9 Å². The molecule has 0 fully saturated rings. The molecular formula is C21H19ClN4O2. The van der Waals surface area contributed by atoms with E-state index < -0.39 is 0 Å². The standard InChI is InChI=1S/C21H19ClN4O2/c1-12-5-3-7-15(22)18(12)25-21-24-16-9-8-13-11-14(6-4-10-27)23-20(28)17(13)19(16)26(21)2/h3-9,11,27H,10H2,1-2H3,(H,23,28)(H,24,25). The lowest BCUT2D eigenvalue weighted by Gasteiger charge is -2.11. The summed E-state index contributed by atoms with van der Waals surface area (Å²) in [5, 5.41) is 14.2. The van der Waals surface area contributed by atoms with Gasteiger partial charge in [0.25, 0.3) is 5.56 Å². The Kier molecular flexibility index (Phi) is 4.66. The molecule has 0 radical (unpaired) electrons. The van der Waals surface area contributed by atoms with Gasteiger partial charge in [0.15, 0.2) is 0 Å². The maximum Gasteiger partial charge on any atom is 0.258 e. The highest BCUT2D eigenvalue weighted by atomic mass is 35.5. The lowest BCUT2D eigenvalue weighted by atomic mass is 10.1. The van der Waals surface area contributed by atoms with Gasteiger partial charge in [0.2, 0.25) is 5.95 Å². The molecule has 0 atom stereocenters. The van der Waals surface area contributed by atoms with Gasteiger partial charge < -0.3 is 20.0 Å². The first-order valence-corrected chi connectivity index (χ1v) is 9.19. The summed E-state index contributed by atoms with van der Waals surface area (Å²) in [5.74, 6) is 0.599. The fourth-order valence-corrected chi connectivity index (χ4v) is 3.63. The van der Waals surface area contributed by atoms with E-state index in [4.69, 9.17) is 16.7 Å². The van der Waals surface area contributed by atoms with Crippen molar-refractivity contribution in [2.24, 2.45) is 7.05 Å². The number of halogens is 1. The molecule has 0 saturated carbocycles. The number of rotatable bonds is 4. The van der Waals surface area contributed by atoms with E-state index in [0.717, 1.165) is 22.2 Å². The predicted octanol–water partition coefficient (Wildman–Crippen LogP) is 4.13. The van der Waals surface area contributed by atoms with Gasteiger partial charge in [-0.2, -0.15) is 0 Å². The van der Waals surface area contributed by atoms with Crippen LogP contribution in [0, 0.1) is 6.92 Å². The molecule has 2 heterocycles. The third-order valence-electron chi connectivity index (χ3n) is 4.73. The zero-order valence-electron chi connectivity index (χ0n) is 15.5. The molecule has 0 bridgehead atoms. The molecule has 0 aliphatic rings. The Bertz CT molecular complexity index is 1270. The van der Waals surface area contributed by atoms with E-state index in [0.29, 0.717) is 27.6 Å². The Morgan fingerprint density at radius 1 is 1.32 bits per heavy atom. The lowest BCUT2D eigenvalue weighted by molar-refractivity contribution is 0.343. The summed E-state index contributed by atoms with van der Waals surface area (Å²) in [7, 11) is 1.86. The summed E-state index contributed by atoms with van der Waals surface area (Å²) in [6.45, 7) is 1.88. The molecule has 28 heavy (non-hydrogen) atoms. The normalized spacial score (nSPS) is 11.7. The first-order chi connectivity index (χ1) is 13.5. The molecule has 2 aromatic carbocycles. The van der Waals surface area contributed by atoms with Crippen molar-refractivity contribution in [2.75, 3.05) is 11.9 Å². The first kappa shape index (κ1) is 18.3. The fraction of sp³-hybridized carbons (Fsp3) is 0.143. The fourth-order valence-electron chi connectivity index (χ4n) is 3.36. The van der Waals surface area contributed by atoms with Crippen molar-refractivity contribution in [3.8, 4) is 0 Å². The SMILES string of the molecule is Cc1cccc(Cl)c1Nc1nc2ccc3cc(C=CCO)[nH]c(=O)c3c2n1C. The van der Waals surface area contributed by atoms with E-state index in [1.807, 2.05) is 54.9 Å². The number of imidazole rings is 1. The third kappa shape index (κ3) is 3.06. The Morgan fingerprint density at radius 3 is 2.89 bits per heavy atom. The zero-order chi connectivity index (χ0) is 19.8. The monoisotopic (exact) mass is 394 g/mol. The molecule has 0 spiro atoms. The van der Waals surface area contributed by atoms with Gasteiger partial charge in [-0.1, -0.05) is 35.9 Å². The smallest absolute Gasteiger partial charge is 0.258 e. The van der Waals surface area contributed by atoms with E-state index in [2.05, 4.69) is 15.3 Å². The number of H-pyrrole nitrogens is 1. The number of aliphatic hydroxyl groups excluding tert-OH is 1. The van der Waals surface area contributed by atoms with Gasteiger partial charge in [-0.05, 0) is 42.1 Å². The number of hydrogen-bond donors (Lipinski definition) is 3. The van der Waals surface area contributed by atoms with Gasteiger partial charge in [0.1, 0.15) is 0 Å². The van der Waals surface area contributed by atoms with Gasteiger partial charge in [-0.25, -0.2) is 4.98 Å². The van der Waals surface area contributed by atoms with Crippen LogP contribution in [0.1, 0.15) is 11.3 Å². The molecule has 7 heteroatoms. The van der Waals surface area contributed by atoms with Crippen LogP contribution in [0.2, 0.25) is 5.02 Å². The number of pyridine rings is 1. The van der Waals surface area contributed by atoms with Crippen LogP contribution in [0.4, 0.5) is 11.6 Å². The van der Waals surface area contributed by atoms with E-state index in [1.54, 1.807) is 12.2 Å². The predicted molar refractivity (Wildman–Crippen MR) is 114 cm³/mol. The number of benzene rings is 2. The highest BCUT2D eigenvalue weighted by Crippen LogP contribution is 2.31. The van der Waals surface area contributed by atoms with Crippen molar-refractivity contribution in [1.29, 1.82) is 0 Å². The summed E-state index contributed by atoms with van der Waals surface area (Å²) in [4.78, 5) is 20.3. The number of aliphatic hydroxyl groups is 1. The molecule has 3 N–H and O–H groups in total. The topological polar surface area (TPSA) is 82.9 Å². The minimum Gasteiger partial charge on any atom is -0.392 e. The Labute approximate surface area is 166 Å². The summed E-state index contributed by atoms with van der Waals surface area (Å²) in [6.07, 6.45) is 3.26. The maximum atomic E-state index is 12.8. The Hall–Kier alpha value is -3.09. The van der Waals surface area contributed by atoms with Crippen LogP contribution in [0.3, 0.4) is 0 Å². The van der Waals surface area contributed by atoms with Gasteiger partial charge >= 0.3 is 0 Å². The minimum absolute atomic E-state index is 0.0860. The van der Waals surface area contributed by atoms with Crippen LogP contribution >= 0.6 is 11.6 Å². The van der Waals surface area contributed by atoms with Crippen LogP contribution in [0.5, 0.6) is 0 Å². The molecule has 142 valence electrons. The largest absolute Gasteiger partial charge is 0.392 e. The van der Waals surface area contributed by atoms with Crippen molar-refractivity contribution in [3.05, 3.63) is 69.1 Å². The van der Waals surface area contributed by atoms with Gasteiger partial charge in [0.05, 0.1) is 33.7 Å². The number of aryl methyl sites for hydroxylation is 2. The summed E-state index contributed by atoms with van der Waals surface area (Å²) in [5.41, 5.74) is 3.68. The van der Waals surface area contributed by atoms with Gasteiger partial charge in [-0.3, -0.25) is 4.79 Å². The number of fused-ring (bicyclic) bond motifs is 3. The van der Waals surface area contributed by atoms with Crippen LogP contribution in [-0.2, 0) is 7.05 Å². The number of aromatic nitrogens is 3. The number of nitrogens with one attached hydrogen (secondary N) is 2. The van der Waals surface area contributed by atoms with Crippen LogP contribution in [0.15, 0.2) is 47.3 Å². The van der Waals surface area contributed by atoms with Crippen molar-refractivity contribution in [1.82, 2.24) is 14.5 Å². The number of nitrogens with zero attached hydrogens (tertiary/aromatic N) is 2. The lowest BCUT2D eigenvalue weighted by Crippen LogP contribution is -2.09. The molecular weight excluding hydrogens is 376 g/mol. The van der Waals surface area contributed by atoms with Crippen LogP contribution in [-0.4, -0.2) is 26.2 Å². The molecule has 0 unspecified atom stereocenters. The summed E-state index contributed by atoms with van der Waals surface area (Å²) in [6, 6.07) is 11.3. The zero-order valence-corrected chi connectivity index (χ0v) is 16.2. The van der Waals surface area contributed by atoms with Crippen molar-refractivity contribution < 1.29 is 5.11 Å².